The number of hydrogen-bond acceptors (Lipinski definition) is 4. The number of nitrogens with zero attached hydrogens (tertiary/aromatic N) is 1. The first-order valence-corrected chi connectivity index (χ1v) is 7.35. The lowest BCUT2D eigenvalue weighted by Crippen LogP contribution is -2.21. The molecule has 0 N–H and O–H groups in total. The summed E-state index contributed by atoms with van der Waals surface area (Å²) in [7, 11) is 3.92. The van der Waals surface area contributed by atoms with Crippen molar-refractivity contribution in [1.82, 2.24) is 0 Å². The average Bonchev–Trinajstić information content (AvgIpc) is 2.46. The molecule has 4 nitrogen and oxygen atoms in total. The molecule has 4 heteroatoms. The van der Waals surface area contributed by atoms with Gasteiger partial charge in [-0.3, -0.25) is 9.59 Å². The summed E-state index contributed by atoms with van der Waals surface area (Å²) in [5, 5.41) is 0. The lowest BCUT2D eigenvalue weighted by molar-refractivity contribution is -0.147. The van der Waals surface area contributed by atoms with E-state index in [-0.39, 0.29) is 23.6 Å². The molecule has 0 saturated heterocycles. The predicted octanol–water partition coefficient (Wildman–Crippen LogP) is 3.16. The summed E-state index contributed by atoms with van der Waals surface area (Å²) in [6.07, 6.45) is 0.507. The van der Waals surface area contributed by atoms with Crippen molar-refractivity contribution < 1.29 is 14.3 Å². The fourth-order valence-corrected chi connectivity index (χ4v) is 2.23. The molecule has 0 saturated carbocycles. The lowest BCUT2D eigenvalue weighted by atomic mass is 9.90. The van der Waals surface area contributed by atoms with Crippen LogP contribution >= 0.6 is 0 Å². The fourth-order valence-electron chi connectivity index (χ4n) is 2.23. The van der Waals surface area contributed by atoms with Gasteiger partial charge in [0.25, 0.3) is 0 Å². The molecule has 0 heterocycles. The van der Waals surface area contributed by atoms with Crippen LogP contribution in [0.3, 0.4) is 0 Å². The van der Waals surface area contributed by atoms with E-state index >= 15 is 0 Å². The topological polar surface area (TPSA) is 46.6 Å². The molecular weight excluding hydrogens is 266 g/mol. The van der Waals surface area contributed by atoms with Crippen molar-refractivity contribution >= 4 is 17.4 Å². The molecule has 1 aromatic carbocycles. The summed E-state index contributed by atoms with van der Waals surface area (Å²) < 4.78 is 4.98. The predicted molar refractivity (Wildman–Crippen MR) is 84.7 cm³/mol. The van der Waals surface area contributed by atoms with Crippen LogP contribution < -0.4 is 4.90 Å². The number of Topliss-reactive ketones (excluding diaryl/α,β-unsaturated/α-hetero) is 1. The molecule has 0 aromatic heterocycles. The van der Waals surface area contributed by atoms with Crippen LogP contribution in [0, 0.1) is 11.8 Å². The van der Waals surface area contributed by atoms with Crippen LogP contribution in [0.1, 0.15) is 37.6 Å². The SMILES string of the molecule is CCOC(=O)C(C)CC(C)C(=O)c1ccc(N(C)C)cc1. The number of hydrogen-bond donors (Lipinski definition) is 0. The van der Waals surface area contributed by atoms with Crippen LogP contribution in [-0.2, 0) is 9.53 Å². The maximum Gasteiger partial charge on any atom is 0.308 e. The number of esters is 1. The quantitative estimate of drug-likeness (QED) is 0.572. The summed E-state index contributed by atoms with van der Waals surface area (Å²) in [5.41, 5.74) is 1.74. The molecule has 2 atom stereocenters. The molecule has 116 valence electrons. The number of benzene rings is 1. The number of rotatable bonds is 7. The molecule has 0 radical (unpaired) electrons. The fraction of sp³-hybridized carbons (Fsp3) is 0.529. The zero-order chi connectivity index (χ0) is 16.0. The van der Waals surface area contributed by atoms with Gasteiger partial charge in [0.2, 0.25) is 0 Å². The largest absolute Gasteiger partial charge is 0.466 e. The molecule has 1 rings (SSSR count). The summed E-state index contributed by atoms with van der Waals surface area (Å²) in [6.45, 7) is 5.82. The zero-order valence-electron chi connectivity index (χ0n) is 13.6. The third-order valence-corrected chi connectivity index (χ3v) is 3.51. The van der Waals surface area contributed by atoms with Gasteiger partial charge in [-0.05, 0) is 37.6 Å². The number of anilines is 1. The molecule has 0 aliphatic carbocycles. The Labute approximate surface area is 127 Å². The minimum absolute atomic E-state index is 0.0662. The van der Waals surface area contributed by atoms with Crippen LogP contribution in [-0.4, -0.2) is 32.5 Å². The van der Waals surface area contributed by atoms with Gasteiger partial charge in [-0.2, -0.15) is 0 Å². The number of ether oxygens (including phenoxy) is 1. The van der Waals surface area contributed by atoms with Crippen LogP contribution in [0.5, 0.6) is 0 Å². The Morgan fingerprint density at radius 3 is 2.14 bits per heavy atom. The van der Waals surface area contributed by atoms with E-state index < -0.39 is 0 Å². The average molecular weight is 291 g/mol. The van der Waals surface area contributed by atoms with Gasteiger partial charge in [0.1, 0.15) is 0 Å². The van der Waals surface area contributed by atoms with Crippen molar-refractivity contribution in [3.8, 4) is 0 Å². The molecule has 0 amide bonds. The first kappa shape index (κ1) is 17.2. The Balaban J connectivity index is 2.67. The Morgan fingerprint density at radius 1 is 1.10 bits per heavy atom. The second-order valence-electron chi connectivity index (χ2n) is 5.60. The van der Waals surface area contributed by atoms with Gasteiger partial charge in [-0.15, -0.1) is 0 Å². The second kappa shape index (κ2) is 7.81. The molecule has 0 spiro atoms. The molecule has 21 heavy (non-hydrogen) atoms. The van der Waals surface area contributed by atoms with E-state index in [1.54, 1.807) is 13.8 Å². The lowest BCUT2D eigenvalue weighted by Gasteiger charge is -2.16. The molecular formula is C17H25NO3. The summed E-state index contributed by atoms with van der Waals surface area (Å²) in [4.78, 5) is 26.0. The van der Waals surface area contributed by atoms with E-state index in [4.69, 9.17) is 4.74 Å². The highest BCUT2D eigenvalue weighted by Crippen LogP contribution is 2.20. The van der Waals surface area contributed by atoms with Gasteiger partial charge in [0, 0.05) is 31.3 Å². The Morgan fingerprint density at radius 2 is 1.67 bits per heavy atom. The highest BCUT2D eigenvalue weighted by Gasteiger charge is 2.22. The smallest absolute Gasteiger partial charge is 0.308 e. The standard InChI is InChI=1S/C17H25NO3/c1-6-21-17(20)13(3)11-12(2)16(19)14-7-9-15(10-8-14)18(4)5/h7-10,12-13H,6,11H2,1-5H3. The molecule has 0 aliphatic heterocycles. The van der Waals surface area contributed by atoms with E-state index in [0.29, 0.717) is 18.6 Å². The van der Waals surface area contributed by atoms with Crippen molar-refractivity contribution in [2.24, 2.45) is 11.8 Å². The zero-order valence-corrected chi connectivity index (χ0v) is 13.6. The van der Waals surface area contributed by atoms with Crippen LogP contribution in [0.15, 0.2) is 24.3 Å². The monoisotopic (exact) mass is 291 g/mol. The maximum absolute atomic E-state index is 12.4. The van der Waals surface area contributed by atoms with Gasteiger partial charge in [-0.25, -0.2) is 0 Å². The van der Waals surface area contributed by atoms with E-state index in [1.807, 2.05) is 50.2 Å². The van der Waals surface area contributed by atoms with Gasteiger partial charge in [-0.1, -0.05) is 13.8 Å². The second-order valence-corrected chi connectivity index (χ2v) is 5.60. The summed E-state index contributed by atoms with van der Waals surface area (Å²) in [5.74, 6) is -0.629. The highest BCUT2D eigenvalue weighted by atomic mass is 16.5. The molecule has 0 bridgehead atoms. The number of carbonyl (C=O) groups is 2. The Kier molecular flexibility index (Phi) is 6.40. The Bertz CT molecular complexity index is 479. The molecule has 0 fully saturated rings. The van der Waals surface area contributed by atoms with E-state index in [0.717, 1.165) is 5.69 Å². The van der Waals surface area contributed by atoms with Gasteiger partial charge < -0.3 is 9.64 Å². The maximum atomic E-state index is 12.4. The third kappa shape index (κ3) is 4.88. The molecule has 1 aromatic rings. The summed E-state index contributed by atoms with van der Waals surface area (Å²) >= 11 is 0. The highest BCUT2D eigenvalue weighted by molar-refractivity contribution is 5.98. The third-order valence-electron chi connectivity index (χ3n) is 3.51. The van der Waals surface area contributed by atoms with E-state index in [1.165, 1.54) is 0 Å². The minimum atomic E-state index is -0.259. The van der Waals surface area contributed by atoms with Crippen LogP contribution in [0.25, 0.3) is 0 Å². The number of carbonyl (C=O) groups excluding carboxylic acids is 2. The van der Waals surface area contributed by atoms with Gasteiger partial charge in [0.15, 0.2) is 5.78 Å². The first-order chi connectivity index (χ1) is 9.86. The van der Waals surface area contributed by atoms with Crippen molar-refractivity contribution in [2.75, 3.05) is 25.6 Å². The van der Waals surface area contributed by atoms with Crippen LogP contribution in [0.2, 0.25) is 0 Å². The van der Waals surface area contributed by atoms with E-state index in [2.05, 4.69) is 0 Å². The first-order valence-electron chi connectivity index (χ1n) is 7.35. The van der Waals surface area contributed by atoms with Crippen LogP contribution in [0.4, 0.5) is 5.69 Å². The van der Waals surface area contributed by atoms with Crippen molar-refractivity contribution in [3.05, 3.63) is 29.8 Å². The number of ketones is 1. The van der Waals surface area contributed by atoms with Crippen molar-refractivity contribution in [3.63, 3.8) is 0 Å². The Hall–Kier alpha value is -1.84. The molecule has 2 unspecified atom stereocenters. The normalized spacial score (nSPS) is 13.4. The van der Waals surface area contributed by atoms with Gasteiger partial charge in [0.05, 0.1) is 12.5 Å². The minimum Gasteiger partial charge on any atom is -0.466 e. The van der Waals surface area contributed by atoms with Crippen molar-refractivity contribution in [2.45, 2.75) is 27.2 Å². The summed E-state index contributed by atoms with van der Waals surface area (Å²) in [6, 6.07) is 7.52. The van der Waals surface area contributed by atoms with E-state index in [9.17, 15) is 9.59 Å². The van der Waals surface area contributed by atoms with Gasteiger partial charge >= 0.3 is 5.97 Å². The molecule has 0 aliphatic rings. The van der Waals surface area contributed by atoms with Crippen molar-refractivity contribution in [1.29, 1.82) is 0 Å².